The summed E-state index contributed by atoms with van der Waals surface area (Å²) in [4.78, 5) is 14.3. The number of hydrogen-bond donors (Lipinski definition) is 3. The van der Waals surface area contributed by atoms with E-state index >= 15 is 0 Å². The number of para-hydroxylation sites is 1. The standard InChI is InChI=1S/C20H30N2O5/c1-26-18-5-3-2-4-15(18)6-9-21-19(25)13-22-10-7-20(8-11-22)12-16(23)17(24)14-27-20/h2-5,16-17,23-24H,6-14H2,1H3,(H,21,25)/t16-,17+/m1/s1. The third kappa shape index (κ3) is 5.19. The molecule has 7 nitrogen and oxygen atoms in total. The van der Waals surface area contributed by atoms with E-state index in [2.05, 4.69) is 10.2 Å². The molecule has 7 heteroatoms. The van der Waals surface area contributed by atoms with E-state index in [9.17, 15) is 15.0 Å². The first kappa shape index (κ1) is 20.1. The highest BCUT2D eigenvalue weighted by Crippen LogP contribution is 2.35. The summed E-state index contributed by atoms with van der Waals surface area (Å²) in [5.41, 5.74) is 0.727. The van der Waals surface area contributed by atoms with Crippen molar-refractivity contribution in [1.82, 2.24) is 10.2 Å². The average molecular weight is 378 g/mol. The van der Waals surface area contributed by atoms with Crippen molar-refractivity contribution in [3.63, 3.8) is 0 Å². The van der Waals surface area contributed by atoms with Gasteiger partial charge in [0, 0.05) is 26.1 Å². The predicted octanol–water partition coefficient (Wildman–Crippen LogP) is 0.331. The van der Waals surface area contributed by atoms with Gasteiger partial charge in [-0.3, -0.25) is 9.69 Å². The zero-order valence-electron chi connectivity index (χ0n) is 15.9. The van der Waals surface area contributed by atoms with Crippen LogP contribution in [0.2, 0.25) is 0 Å². The van der Waals surface area contributed by atoms with E-state index in [0.717, 1.165) is 43.7 Å². The Hall–Kier alpha value is -1.67. The third-order valence-electron chi connectivity index (χ3n) is 5.63. The maximum absolute atomic E-state index is 12.2. The van der Waals surface area contributed by atoms with Crippen molar-refractivity contribution in [2.45, 2.75) is 43.5 Å². The number of carbonyl (C=O) groups excluding carboxylic acids is 1. The summed E-state index contributed by atoms with van der Waals surface area (Å²) in [6.45, 7) is 2.63. The highest BCUT2D eigenvalue weighted by atomic mass is 16.5. The van der Waals surface area contributed by atoms with E-state index in [4.69, 9.17) is 9.47 Å². The zero-order valence-corrected chi connectivity index (χ0v) is 15.9. The molecule has 0 radical (unpaired) electrons. The fourth-order valence-corrected chi connectivity index (χ4v) is 3.92. The molecule has 3 rings (SSSR count). The molecule has 2 aliphatic rings. The summed E-state index contributed by atoms with van der Waals surface area (Å²) >= 11 is 0. The Labute approximate surface area is 160 Å². The largest absolute Gasteiger partial charge is 0.496 e. The number of aliphatic hydroxyl groups is 2. The number of methoxy groups -OCH3 is 1. The van der Waals surface area contributed by atoms with Gasteiger partial charge < -0.3 is 25.0 Å². The molecule has 1 spiro atoms. The van der Waals surface area contributed by atoms with Crippen LogP contribution in [0.3, 0.4) is 0 Å². The molecule has 150 valence electrons. The minimum absolute atomic E-state index is 0.0147. The minimum atomic E-state index is -0.789. The maximum atomic E-state index is 12.2. The van der Waals surface area contributed by atoms with Gasteiger partial charge in [0.15, 0.2) is 0 Å². The lowest BCUT2D eigenvalue weighted by Crippen LogP contribution is -2.55. The molecule has 0 aromatic heterocycles. The molecule has 2 heterocycles. The first-order valence-electron chi connectivity index (χ1n) is 9.62. The smallest absolute Gasteiger partial charge is 0.234 e. The van der Waals surface area contributed by atoms with Gasteiger partial charge in [-0.05, 0) is 30.9 Å². The molecule has 2 atom stereocenters. The van der Waals surface area contributed by atoms with Crippen molar-refractivity contribution >= 4 is 5.91 Å². The van der Waals surface area contributed by atoms with Crippen molar-refractivity contribution in [2.24, 2.45) is 0 Å². The molecule has 3 N–H and O–H groups in total. The average Bonchev–Trinajstić information content (AvgIpc) is 2.67. The Bertz CT molecular complexity index is 631. The molecule has 27 heavy (non-hydrogen) atoms. The minimum Gasteiger partial charge on any atom is -0.496 e. The van der Waals surface area contributed by atoms with E-state index in [1.54, 1.807) is 7.11 Å². The van der Waals surface area contributed by atoms with Gasteiger partial charge in [0.1, 0.15) is 11.9 Å². The molecule has 0 aliphatic carbocycles. The number of carbonyl (C=O) groups is 1. The Balaban J connectivity index is 1.38. The molecule has 1 amide bonds. The molecule has 1 aromatic rings. The van der Waals surface area contributed by atoms with Crippen LogP contribution in [0.15, 0.2) is 24.3 Å². The van der Waals surface area contributed by atoms with Crippen LogP contribution in [0.4, 0.5) is 0 Å². The van der Waals surface area contributed by atoms with Crippen LogP contribution in [-0.4, -0.2) is 78.7 Å². The summed E-state index contributed by atoms with van der Waals surface area (Å²) in [7, 11) is 1.65. The number of nitrogens with one attached hydrogen (secondary N) is 1. The van der Waals surface area contributed by atoms with Gasteiger partial charge in [-0.15, -0.1) is 0 Å². The van der Waals surface area contributed by atoms with Crippen LogP contribution in [0, 0.1) is 0 Å². The number of ether oxygens (including phenoxy) is 2. The van der Waals surface area contributed by atoms with Gasteiger partial charge in [-0.1, -0.05) is 18.2 Å². The van der Waals surface area contributed by atoms with E-state index in [0.29, 0.717) is 19.5 Å². The Morgan fingerprint density at radius 3 is 2.74 bits per heavy atom. The number of benzene rings is 1. The monoisotopic (exact) mass is 378 g/mol. The summed E-state index contributed by atoms with van der Waals surface area (Å²) in [5.74, 6) is 0.855. The van der Waals surface area contributed by atoms with Crippen molar-refractivity contribution in [2.75, 3.05) is 39.9 Å². The lowest BCUT2D eigenvalue weighted by atomic mass is 9.82. The van der Waals surface area contributed by atoms with Gasteiger partial charge in [0.05, 0.1) is 32.0 Å². The van der Waals surface area contributed by atoms with Crippen molar-refractivity contribution in [3.05, 3.63) is 29.8 Å². The van der Waals surface area contributed by atoms with Crippen LogP contribution in [0.1, 0.15) is 24.8 Å². The topological polar surface area (TPSA) is 91.3 Å². The van der Waals surface area contributed by atoms with Crippen molar-refractivity contribution in [1.29, 1.82) is 0 Å². The SMILES string of the molecule is COc1ccccc1CCNC(=O)CN1CCC2(CC1)C[C@@H](O)[C@@H](O)CO2. The predicted molar refractivity (Wildman–Crippen MR) is 101 cm³/mol. The normalized spacial score (nSPS) is 25.3. The Morgan fingerprint density at radius 2 is 2.04 bits per heavy atom. The number of rotatable bonds is 6. The van der Waals surface area contributed by atoms with E-state index in [-0.39, 0.29) is 18.1 Å². The summed E-state index contributed by atoms with van der Waals surface area (Å²) in [6.07, 6.45) is 1.22. The third-order valence-corrected chi connectivity index (χ3v) is 5.63. The van der Waals surface area contributed by atoms with Crippen LogP contribution in [0.25, 0.3) is 0 Å². The Morgan fingerprint density at radius 1 is 1.30 bits per heavy atom. The highest BCUT2D eigenvalue weighted by Gasteiger charge is 2.43. The molecule has 0 bridgehead atoms. The van der Waals surface area contributed by atoms with E-state index in [1.807, 2.05) is 24.3 Å². The van der Waals surface area contributed by atoms with Gasteiger partial charge >= 0.3 is 0 Å². The van der Waals surface area contributed by atoms with E-state index in [1.165, 1.54) is 0 Å². The van der Waals surface area contributed by atoms with Gasteiger partial charge in [-0.25, -0.2) is 0 Å². The van der Waals surface area contributed by atoms with Gasteiger partial charge in [0.25, 0.3) is 0 Å². The molecule has 2 aliphatic heterocycles. The number of piperidine rings is 1. The second-order valence-electron chi connectivity index (χ2n) is 7.52. The number of nitrogens with zero attached hydrogens (tertiary/aromatic N) is 1. The van der Waals surface area contributed by atoms with Gasteiger partial charge in [0.2, 0.25) is 5.91 Å². The maximum Gasteiger partial charge on any atom is 0.234 e. The molecule has 0 saturated carbocycles. The van der Waals surface area contributed by atoms with Gasteiger partial charge in [-0.2, -0.15) is 0 Å². The van der Waals surface area contributed by atoms with Crippen LogP contribution in [0.5, 0.6) is 5.75 Å². The molecule has 2 fully saturated rings. The van der Waals surface area contributed by atoms with Crippen LogP contribution >= 0.6 is 0 Å². The molecular formula is C20H30N2O5. The second-order valence-corrected chi connectivity index (χ2v) is 7.52. The summed E-state index contributed by atoms with van der Waals surface area (Å²) in [5, 5.41) is 22.5. The van der Waals surface area contributed by atoms with E-state index < -0.39 is 12.2 Å². The van der Waals surface area contributed by atoms with Crippen molar-refractivity contribution in [3.8, 4) is 5.75 Å². The van der Waals surface area contributed by atoms with Crippen LogP contribution < -0.4 is 10.1 Å². The van der Waals surface area contributed by atoms with Crippen LogP contribution in [-0.2, 0) is 16.0 Å². The number of aliphatic hydroxyl groups excluding tert-OH is 2. The molecule has 0 unspecified atom stereocenters. The fraction of sp³-hybridized carbons (Fsp3) is 0.650. The number of hydrogen-bond acceptors (Lipinski definition) is 6. The summed E-state index contributed by atoms with van der Waals surface area (Å²) in [6, 6.07) is 7.82. The lowest BCUT2D eigenvalue weighted by Gasteiger charge is -2.46. The molecule has 2 saturated heterocycles. The van der Waals surface area contributed by atoms with Crippen molar-refractivity contribution < 1.29 is 24.5 Å². The molecule has 1 aromatic carbocycles. The molecular weight excluding hydrogens is 348 g/mol. The quantitative estimate of drug-likeness (QED) is 0.661. The Kier molecular flexibility index (Phi) is 6.70. The fourth-order valence-electron chi connectivity index (χ4n) is 3.92. The number of likely N-dealkylation sites (tertiary alicyclic amines) is 1. The first-order valence-corrected chi connectivity index (χ1v) is 9.62. The number of amides is 1. The zero-order chi connectivity index (χ0) is 19.3. The highest BCUT2D eigenvalue weighted by molar-refractivity contribution is 5.78. The lowest BCUT2D eigenvalue weighted by molar-refractivity contribution is -0.187. The second kappa shape index (κ2) is 9.01. The summed E-state index contributed by atoms with van der Waals surface area (Å²) < 4.78 is 11.2. The first-order chi connectivity index (χ1) is 13.0.